The predicted molar refractivity (Wildman–Crippen MR) is 107 cm³/mol. The van der Waals surface area contributed by atoms with E-state index in [0.29, 0.717) is 17.5 Å². The molecule has 2 aliphatic rings. The van der Waals surface area contributed by atoms with Crippen LogP contribution in [0.5, 0.6) is 0 Å². The number of aliphatic imine (C=N–C) groups is 1. The average Bonchev–Trinajstić information content (AvgIpc) is 2.79. The summed E-state index contributed by atoms with van der Waals surface area (Å²) in [5.74, 6) is 0.197. The van der Waals surface area contributed by atoms with E-state index in [1.807, 2.05) is 24.9 Å². The number of rotatable bonds is 3. The normalized spacial score (nSPS) is 23.3. The summed E-state index contributed by atoms with van der Waals surface area (Å²) in [6.07, 6.45) is 7.17. The highest BCUT2D eigenvalue weighted by Gasteiger charge is 2.35. The SMILES string of the molecule is CC(=O)N(c1ccc(C)cc1F)C1CSC(=NC2CCCCCC2)N1C. The van der Waals surface area contributed by atoms with Crippen molar-refractivity contribution in [3.63, 3.8) is 0 Å². The molecule has 26 heavy (non-hydrogen) atoms. The topological polar surface area (TPSA) is 35.9 Å². The van der Waals surface area contributed by atoms with E-state index in [2.05, 4.69) is 0 Å². The molecule has 1 aromatic rings. The van der Waals surface area contributed by atoms with Gasteiger partial charge in [-0.15, -0.1) is 0 Å². The Bertz CT molecular complexity index is 686. The van der Waals surface area contributed by atoms with Crippen LogP contribution in [0.4, 0.5) is 10.1 Å². The summed E-state index contributed by atoms with van der Waals surface area (Å²) in [5, 5.41) is 0.973. The van der Waals surface area contributed by atoms with Crippen LogP contribution in [0.2, 0.25) is 0 Å². The third-order valence-corrected chi connectivity index (χ3v) is 6.34. The average molecular weight is 378 g/mol. The maximum Gasteiger partial charge on any atom is 0.225 e. The number of aryl methyl sites for hydroxylation is 1. The lowest BCUT2D eigenvalue weighted by atomic mass is 10.1. The largest absolute Gasteiger partial charge is 0.333 e. The van der Waals surface area contributed by atoms with Crippen LogP contribution in [0.1, 0.15) is 51.0 Å². The third-order valence-electron chi connectivity index (χ3n) is 5.23. The Morgan fingerprint density at radius 1 is 1.27 bits per heavy atom. The van der Waals surface area contributed by atoms with E-state index in [1.165, 1.54) is 38.7 Å². The van der Waals surface area contributed by atoms with Crippen molar-refractivity contribution < 1.29 is 9.18 Å². The number of benzene rings is 1. The van der Waals surface area contributed by atoms with Gasteiger partial charge in [-0.3, -0.25) is 14.7 Å². The van der Waals surface area contributed by atoms with Gasteiger partial charge in [-0.25, -0.2) is 4.39 Å². The molecule has 0 spiro atoms. The second-order valence-corrected chi connectivity index (χ2v) is 8.29. The summed E-state index contributed by atoms with van der Waals surface area (Å²) in [5.41, 5.74) is 1.19. The molecule has 6 heteroatoms. The minimum atomic E-state index is -0.354. The van der Waals surface area contributed by atoms with Crippen LogP contribution >= 0.6 is 11.8 Å². The van der Waals surface area contributed by atoms with Crippen molar-refractivity contribution in [3.8, 4) is 0 Å². The molecule has 1 amide bonds. The molecule has 1 heterocycles. The summed E-state index contributed by atoms with van der Waals surface area (Å²) in [4.78, 5) is 20.9. The maximum absolute atomic E-state index is 14.5. The maximum atomic E-state index is 14.5. The Labute approximate surface area is 159 Å². The highest BCUT2D eigenvalue weighted by Crippen LogP contribution is 2.32. The summed E-state index contributed by atoms with van der Waals surface area (Å²) in [6, 6.07) is 5.40. The van der Waals surface area contributed by atoms with Crippen molar-refractivity contribution in [2.24, 2.45) is 4.99 Å². The van der Waals surface area contributed by atoms with Gasteiger partial charge in [0, 0.05) is 19.7 Å². The fraction of sp³-hybridized carbons (Fsp3) is 0.600. The van der Waals surface area contributed by atoms with E-state index in [4.69, 9.17) is 4.99 Å². The molecule has 1 saturated heterocycles. The van der Waals surface area contributed by atoms with Gasteiger partial charge in [0.15, 0.2) is 5.17 Å². The van der Waals surface area contributed by atoms with Gasteiger partial charge in [-0.1, -0.05) is 43.5 Å². The van der Waals surface area contributed by atoms with E-state index in [9.17, 15) is 9.18 Å². The summed E-state index contributed by atoms with van der Waals surface area (Å²) in [7, 11) is 1.96. The van der Waals surface area contributed by atoms with Crippen LogP contribution in [0.3, 0.4) is 0 Å². The molecule has 1 unspecified atom stereocenters. The molecule has 1 saturated carbocycles. The van der Waals surface area contributed by atoms with E-state index >= 15 is 0 Å². The first kappa shape index (κ1) is 19.2. The van der Waals surface area contributed by atoms with Crippen molar-refractivity contribution in [3.05, 3.63) is 29.6 Å². The molecule has 0 bridgehead atoms. The molecule has 4 nitrogen and oxygen atoms in total. The Morgan fingerprint density at radius 3 is 2.58 bits per heavy atom. The first-order chi connectivity index (χ1) is 12.5. The zero-order chi connectivity index (χ0) is 18.7. The molecular weight excluding hydrogens is 349 g/mol. The molecule has 3 rings (SSSR count). The van der Waals surface area contributed by atoms with Gasteiger partial charge in [0.25, 0.3) is 0 Å². The highest BCUT2D eigenvalue weighted by atomic mass is 32.2. The summed E-state index contributed by atoms with van der Waals surface area (Å²) >= 11 is 1.67. The van der Waals surface area contributed by atoms with Crippen LogP contribution in [0.25, 0.3) is 0 Å². The second-order valence-electron chi connectivity index (χ2n) is 7.30. The number of amides is 1. The van der Waals surface area contributed by atoms with E-state index < -0.39 is 0 Å². The predicted octanol–water partition coefficient (Wildman–Crippen LogP) is 4.57. The molecular formula is C20H28FN3OS. The van der Waals surface area contributed by atoms with Crippen LogP contribution in [-0.4, -0.2) is 41.0 Å². The number of carbonyl (C=O) groups is 1. The van der Waals surface area contributed by atoms with Gasteiger partial charge in [-0.05, 0) is 37.5 Å². The monoisotopic (exact) mass is 377 g/mol. The summed E-state index contributed by atoms with van der Waals surface area (Å²) < 4.78 is 14.5. The van der Waals surface area contributed by atoms with Crippen molar-refractivity contribution in [1.29, 1.82) is 0 Å². The molecule has 142 valence electrons. The Morgan fingerprint density at radius 2 is 1.96 bits per heavy atom. The third kappa shape index (κ3) is 4.22. The smallest absolute Gasteiger partial charge is 0.225 e. The van der Waals surface area contributed by atoms with Gasteiger partial charge >= 0.3 is 0 Å². The van der Waals surface area contributed by atoms with Crippen LogP contribution in [0.15, 0.2) is 23.2 Å². The van der Waals surface area contributed by atoms with Crippen molar-refractivity contribution in [1.82, 2.24) is 4.90 Å². The van der Waals surface area contributed by atoms with Crippen LogP contribution < -0.4 is 4.90 Å². The number of hydrogen-bond acceptors (Lipinski definition) is 3. The van der Waals surface area contributed by atoms with Crippen molar-refractivity contribution in [2.45, 2.75) is 64.6 Å². The Hall–Kier alpha value is -1.56. The molecule has 2 fully saturated rings. The minimum Gasteiger partial charge on any atom is -0.333 e. The molecule has 0 N–H and O–H groups in total. The van der Waals surface area contributed by atoms with E-state index in [0.717, 1.165) is 23.6 Å². The highest BCUT2D eigenvalue weighted by molar-refractivity contribution is 8.14. The second kappa shape index (κ2) is 8.42. The lowest BCUT2D eigenvalue weighted by molar-refractivity contribution is -0.117. The van der Waals surface area contributed by atoms with Gasteiger partial charge in [0.1, 0.15) is 12.0 Å². The zero-order valence-corrected chi connectivity index (χ0v) is 16.7. The lowest BCUT2D eigenvalue weighted by Gasteiger charge is -2.33. The van der Waals surface area contributed by atoms with Crippen molar-refractivity contribution in [2.75, 3.05) is 17.7 Å². The van der Waals surface area contributed by atoms with E-state index in [-0.39, 0.29) is 17.9 Å². The number of halogens is 1. The zero-order valence-electron chi connectivity index (χ0n) is 15.9. The standard InChI is InChI=1S/C20H28FN3OS/c1-14-10-11-18(17(21)12-14)24(15(2)25)19-13-26-20(23(19)3)22-16-8-6-4-5-7-9-16/h10-12,16,19H,4-9,13H2,1-3H3. The molecule has 1 atom stereocenters. The minimum absolute atomic E-state index is 0.152. The first-order valence-corrected chi connectivity index (χ1v) is 10.5. The Balaban J connectivity index is 1.82. The van der Waals surface area contributed by atoms with Crippen molar-refractivity contribution >= 4 is 28.5 Å². The van der Waals surface area contributed by atoms with Crippen LogP contribution in [-0.2, 0) is 4.79 Å². The van der Waals surface area contributed by atoms with Gasteiger partial charge in [0.2, 0.25) is 5.91 Å². The fourth-order valence-corrected chi connectivity index (χ4v) is 4.98. The van der Waals surface area contributed by atoms with E-state index in [1.54, 1.807) is 22.7 Å². The number of carbonyl (C=O) groups excluding carboxylic acids is 1. The quantitative estimate of drug-likeness (QED) is 0.724. The molecule has 1 aromatic carbocycles. The fourth-order valence-electron chi connectivity index (χ4n) is 3.76. The number of anilines is 1. The number of hydrogen-bond donors (Lipinski definition) is 0. The summed E-state index contributed by atoms with van der Waals surface area (Å²) in [6.45, 7) is 3.35. The number of thioether (sulfide) groups is 1. The molecule has 1 aliphatic carbocycles. The molecule has 0 radical (unpaired) electrons. The van der Waals surface area contributed by atoms with Gasteiger partial charge in [-0.2, -0.15) is 0 Å². The first-order valence-electron chi connectivity index (χ1n) is 9.46. The van der Waals surface area contributed by atoms with Crippen LogP contribution in [0, 0.1) is 12.7 Å². The molecule has 1 aliphatic heterocycles. The van der Waals surface area contributed by atoms with Gasteiger partial charge < -0.3 is 4.90 Å². The number of nitrogens with zero attached hydrogens (tertiary/aromatic N) is 3. The lowest BCUT2D eigenvalue weighted by Crippen LogP contribution is -2.48. The molecule has 0 aromatic heterocycles. The van der Waals surface area contributed by atoms with Gasteiger partial charge in [0.05, 0.1) is 11.7 Å². The number of amidine groups is 1. The Kier molecular flexibility index (Phi) is 6.22.